The van der Waals surface area contributed by atoms with Crippen LogP contribution >= 0.6 is 11.8 Å². The average molecular weight is 342 g/mol. The van der Waals surface area contributed by atoms with E-state index in [1.165, 1.54) is 0 Å². The lowest BCUT2D eigenvalue weighted by Crippen LogP contribution is -2.41. The molecule has 5 heteroatoms. The van der Waals surface area contributed by atoms with E-state index in [1.807, 2.05) is 66.1 Å². The number of carbonyl (C=O) groups excluding carboxylic acids is 1. The number of urea groups is 1. The number of rotatable bonds is 4. The smallest absolute Gasteiger partial charge is 0.326 e. The number of thioether (sulfide) groups is 1. The topological polar surface area (TPSA) is 41.6 Å². The molecule has 0 saturated heterocycles. The van der Waals surface area contributed by atoms with Crippen molar-refractivity contribution >= 4 is 29.2 Å². The highest BCUT2D eigenvalue weighted by atomic mass is 32.2. The van der Waals surface area contributed by atoms with Gasteiger partial charge in [-0.3, -0.25) is 4.90 Å². The van der Waals surface area contributed by atoms with Gasteiger partial charge in [0.05, 0.1) is 18.0 Å². The Hall–Kier alpha value is -2.14. The van der Waals surface area contributed by atoms with Crippen molar-refractivity contribution in [2.45, 2.75) is 30.4 Å². The summed E-state index contributed by atoms with van der Waals surface area (Å²) in [5.74, 6) is 0.695. The summed E-state index contributed by atoms with van der Waals surface area (Å²) in [5.41, 5.74) is 1.67. The lowest BCUT2D eigenvalue weighted by atomic mass is 10.2. The van der Waals surface area contributed by atoms with Gasteiger partial charge in [0, 0.05) is 16.7 Å². The molecular weight excluding hydrogens is 320 g/mol. The first-order valence-electron chi connectivity index (χ1n) is 8.29. The lowest BCUT2D eigenvalue weighted by molar-refractivity contribution is 0.256. The van der Waals surface area contributed by atoms with Crippen molar-refractivity contribution in [2.24, 2.45) is 0 Å². The van der Waals surface area contributed by atoms with Crippen LogP contribution in [0.4, 0.5) is 16.2 Å². The molecule has 0 radical (unpaired) electrons. The van der Waals surface area contributed by atoms with Crippen molar-refractivity contribution in [1.82, 2.24) is 0 Å². The quantitative estimate of drug-likeness (QED) is 0.849. The number of ether oxygens (including phenoxy) is 1. The molecule has 0 saturated carbocycles. The number of benzene rings is 2. The highest BCUT2D eigenvalue weighted by Gasteiger charge is 2.28. The molecule has 0 unspecified atom stereocenters. The maximum absolute atomic E-state index is 12.9. The Labute approximate surface area is 147 Å². The third kappa shape index (κ3) is 3.51. The van der Waals surface area contributed by atoms with Crippen molar-refractivity contribution in [1.29, 1.82) is 0 Å². The minimum atomic E-state index is -0.117. The Balaban J connectivity index is 1.85. The minimum Gasteiger partial charge on any atom is -0.492 e. The molecule has 0 bridgehead atoms. The van der Waals surface area contributed by atoms with E-state index in [4.69, 9.17) is 4.74 Å². The first-order valence-corrected chi connectivity index (χ1v) is 9.17. The van der Waals surface area contributed by atoms with Gasteiger partial charge in [-0.1, -0.05) is 31.2 Å². The molecule has 1 aliphatic rings. The van der Waals surface area contributed by atoms with Crippen LogP contribution in [0.3, 0.4) is 0 Å². The number of hydrogen-bond acceptors (Lipinski definition) is 3. The van der Waals surface area contributed by atoms with E-state index in [0.717, 1.165) is 17.0 Å². The van der Waals surface area contributed by atoms with Crippen molar-refractivity contribution in [2.75, 3.05) is 23.4 Å². The summed E-state index contributed by atoms with van der Waals surface area (Å²) in [4.78, 5) is 15.9. The van der Waals surface area contributed by atoms with Gasteiger partial charge in [-0.2, -0.15) is 0 Å². The third-order valence-corrected chi connectivity index (χ3v) is 5.38. The molecule has 3 rings (SSSR count). The zero-order valence-electron chi connectivity index (χ0n) is 14.0. The molecule has 0 spiro atoms. The number of carbonyl (C=O) groups is 1. The number of nitrogens with zero attached hydrogens (tertiary/aromatic N) is 1. The number of fused-ring (bicyclic) bond motifs is 1. The molecule has 4 nitrogen and oxygen atoms in total. The van der Waals surface area contributed by atoms with E-state index >= 15 is 0 Å². The van der Waals surface area contributed by atoms with Gasteiger partial charge in [0.15, 0.2) is 0 Å². The Morgan fingerprint density at radius 2 is 1.96 bits per heavy atom. The zero-order chi connectivity index (χ0) is 16.9. The van der Waals surface area contributed by atoms with Gasteiger partial charge >= 0.3 is 6.03 Å². The predicted octanol–water partition coefficient (Wildman–Crippen LogP) is 5.01. The van der Waals surface area contributed by atoms with Crippen LogP contribution in [0.2, 0.25) is 0 Å². The molecule has 0 aromatic heterocycles. The van der Waals surface area contributed by atoms with Crippen LogP contribution in [0.25, 0.3) is 0 Å². The summed E-state index contributed by atoms with van der Waals surface area (Å²) in [6.45, 7) is 5.36. The summed E-state index contributed by atoms with van der Waals surface area (Å²) in [6, 6.07) is 15.5. The van der Waals surface area contributed by atoms with Crippen LogP contribution in [-0.2, 0) is 0 Å². The summed E-state index contributed by atoms with van der Waals surface area (Å²) < 4.78 is 5.60. The number of anilines is 2. The molecular formula is C19H22N2O2S. The van der Waals surface area contributed by atoms with Crippen molar-refractivity contribution in [3.63, 3.8) is 0 Å². The molecule has 126 valence electrons. The van der Waals surface area contributed by atoms with E-state index in [9.17, 15) is 4.79 Å². The molecule has 1 aliphatic heterocycles. The maximum Gasteiger partial charge on any atom is 0.326 e. The maximum atomic E-state index is 12.9. The first-order chi connectivity index (χ1) is 11.7. The van der Waals surface area contributed by atoms with Crippen molar-refractivity contribution in [3.8, 4) is 5.75 Å². The average Bonchev–Trinajstić information content (AvgIpc) is 2.62. The zero-order valence-corrected chi connectivity index (χ0v) is 14.8. The number of nitrogens with one attached hydrogen (secondary N) is 1. The second-order valence-electron chi connectivity index (χ2n) is 5.59. The normalized spacial score (nSPS) is 16.4. The van der Waals surface area contributed by atoms with E-state index in [0.29, 0.717) is 29.8 Å². The summed E-state index contributed by atoms with van der Waals surface area (Å²) in [5, 5.41) is 3.41. The molecule has 0 aliphatic carbocycles. The largest absolute Gasteiger partial charge is 0.492 e. The predicted molar refractivity (Wildman–Crippen MR) is 100 cm³/mol. The fourth-order valence-electron chi connectivity index (χ4n) is 2.74. The standard InChI is InChI=1S/C19H22N2O2S/c1-3-14-13-21(16-10-6-8-12-18(16)24-14)19(22)20-15-9-5-7-11-17(15)23-4-2/h5-12,14H,3-4,13H2,1-2H3,(H,20,22)/t14-/m0/s1. The Kier molecular flexibility index (Phi) is 5.30. The minimum absolute atomic E-state index is 0.117. The number of hydrogen-bond donors (Lipinski definition) is 1. The van der Waals surface area contributed by atoms with Gasteiger partial charge in [0.2, 0.25) is 0 Å². The second-order valence-corrected chi connectivity index (χ2v) is 6.93. The highest BCUT2D eigenvalue weighted by molar-refractivity contribution is 8.00. The highest BCUT2D eigenvalue weighted by Crippen LogP contribution is 2.39. The Morgan fingerprint density at radius 3 is 2.75 bits per heavy atom. The van der Waals surface area contributed by atoms with Gasteiger partial charge in [0.25, 0.3) is 0 Å². The molecule has 24 heavy (non-hydrogen) atoms. The molecule has 1 atom stereocenters. The van der Waals surface area contributed by atoms with Crippen molar-refractivity contribution < 1.29 is 9.53 Å². The SMILES string of the molecule is CCOc1ccccc1NC(=O)N1C[C@H](CC)Sc2ccccc21. The Bertz CT molecular complexity index is 720. The van der Waals surface area contributed by atoms with E-state index < -0.39 is 0 Å². The third-order valence-electron chi connectivity index (χ3n) is 3.96. The second kappa shape index (κ2) is 7.62. The summed E-state index contributed by atoms with van der Waals surface area (Å²) in [6.07, 6.45) is 1.03. The molecule has 2 aromatic rings. The molecule has 2 aromatic carbocycles. The number of para-hydroxylation sites is 3. The molecule has 0 fully saturated rings. The van der Waals surface area contributed by atoms with Gasteiger partial charge < -0.3 is 10.1 Å². The van der Waals surface area contributed by atoms with E-state index in [1.54, 1.807) is 0 Å². The summed E-state index contributed by atoms with van der Waals surface area (Å²) in [7, 11) is 0. The van der Waals surface area contributed by atoms with Gasteiger partial charge in [-0.15, -0.1) is 11.8 Å². The van der Waals surface area contributed by atoms with Gasteiger partial charge in [-0.05, 0) is 37.6 Å². The van der Waals surface area contributed by atoms with Crippen molar-refractivity contribution in [3.05, 3.63) is 48.5 Å². The first kappa shape index (κ1) is 16.7. The van der Waals surface area contributed by atoms with Gasteiger partial charge in [-0.25, -0.2) is 4.79 Å². The van der Waals surface area contributed by atoms with E-state index in [-0.39, 0.29) is 6.03 Å². The van der Waals surface area contributed by atoms with Crippen LogP contribution in [0, 0.1) is 0 Å². The monoisotopic (exact) mass is 342 g/mol. The number of amides is 2. The van der Waals surface area contributed by atoms with Crippen LogP contribution in [0.15, 0.2) is 53.4 Å². The van der Waals surface area contributed by atoms with Gasteiger partial charge in [0.1, 0.15) is 5.75 Å². The summed E-state index contributed by atoms with van der Waals surface area (Å²) >= 11 is 1.85. The molecule has 1 heterocycles. The molecule has 2 amide bonds. The van der Waals surface area contributed by atoms with Crippen LogP contribution in [0.1, 0.15) is 20.3 Å². The fourth-order valence-corrected chi connectivity index (χ4v) is 3.94. The van der Waals surface area contributed by atoms with Crippen LogP contribution in [0.5, 0.6) is 5.75 Å². The van der Waals surface area contributed by atoms with Crippen LogP contribution < -0.4 is 15.0 Å². The van der Waals surface area contributed by atoms with E-state index in [2.05, 4.69) is 18.3 Å². The molecule has 1 N–H and O–H groups in total. The van der Waals surface area contributed by atoms with Crippen LogP contribution in [-0.4, -0.2) is 24.4 Å². The Morgan fingerprint density at radius 1 is 1.21 bits per heavy atom. The fraction of sp³-hybridized carbons (Fsp3) is 0.316. The lowest BCUT2D eigenvalue weighted by Gasteiger charge is -2.33.